The number of esters is 1. The molecule has 0 spiro atoms. The van der Waals surface area contributed by atoms with Crippen LogP contribution in [-0.2, 0) is 14.3 Å². The van der Waals surface area contributed by atoms with E-state index in [1.807, 2.05) is 0 Å². The van der Waals surface area contributed by atoms with Gasteiger partial charge >= 0.3 is 12.6 Å². The smallest absolute Gasteiger partial charge is 0.387 e. The van der Waals surface area contributed by atoms with Gasteiger partial charge in [0.25, 0.3) is 5.91 Å². The molecule has 0 unspecified atom stereocenters. The van der Waals surface area contributed by atoms with Crippen LogP contribution in [-0.4, -0.2) is 25.1 Å². The number of anilines is 1. The van der Waals surface area contributed by atoms with Gasteiger partial charge < -0.3 is 14.8 Å². The second-order valence-electron chi connectivity index (χ2n) is 4.95. The van der Waals surface area contributed by atoms with Crippen molar-refractivity contribution in [2.75, 3.05) is 11.9 Å². The van der Waals surface area contributed by atoms with Gasteiger partial charge in [-0.05, 0) is 48.0 Å². The van der Waals surface area contributed by atoms with Gasteiger partial charge in [0.05, 0.1) is 0 Å². The van der Waals surface area contributed by atoms with Gasteiger partial charge in [0.1, 0.15) is 5.75 Å². The van der Waals surface area contributed by atoms with E-state index in [1.165, 1.54) is 36.4 Å². The molecule has 5 nitrogen and oxygen atoms in total. The molecule has 2 aromatic carbocycles. The Balaban J connectivity index is 1.78. The lowest BCUT2D eigenvalue weighted by Gasteiger charge is -2.07. The first-order chi connectivity index (χ1) is 12.4. The van der Waals surface area contributed by atoms with Gasteiger partial charge in [-0.3, -0.25) is 4.79 Å². The Hall–Kier alpha value is -2.93. The Morgan fingerprint density at radius 1 is 1.15 bits per heavy atom. The SMILES string of the molecule is O=C(COC(=O)/C=C/c1cccc(Cl)c1)Nc1ccc(OC(F)F)cc1. The lowest BCUT2D eigenvalue weighted by molar-refractivity contribution is -0.142. The largest absolute Gasteiger partial charge is 0.452 e. The van der Waals surface area contributed by atoms with Crippen LogP contribution < -0.4 is 10.1 Å². The average molecular weight is 382 g/mol. The Kier molecular flexibility index (Phi) is 7.11. The van der Waals surface area contributed by atoms with E-state index >= 15 is 0 Å². The zero-order valence-electron chi connectivity index (χ0n) is 13.3. The zero-order chi connectivity index (χ0) is 18.9. The zero-order valence-corrected chi connectivity index (χ0v) is 14.1. The number of carbonyl (C=O) groups excluding carboxylic acids is 2. The molecule has 0 bridgehead atoms. The van der Waals surface area contributed by atoms with Gasteiger partial charge in [-0.25, -0.2) is 4.79 Å². The number of halogens is 3. The predicted molar refractivity (Wildman–Crippen MR) is 93.1 cm³/mol. The molecule has 0 aromatic heterocycles. The molecule has 26 heavy (non-hydrogen) atoms. The molecule has 2 aromatic rings. The molecule has 0 atom stereocenters. The number of alkyl halides is 2. The molecule has 0 fully saturated rings. The van der Waals surface area contributed by atoms with Gasteiger partial charge in [0.15, 0.2) is 6.61 Å². The predicted octanol–water partition coefficient (Wildman–Crippen LogP) is 4.14. The fraction of sp³-hybridized carbons (Fsp3) is 0.111. The van der Waals surface area contributed by atoms with Crippen LogP contribution in [0.2, 0.25) is 5.02 Å². The minimum absolute atomic E-state index is 0.0319. The lowest BCUT2D eigenvalue weighted by atomic mass is 10.2. The van der Waals surface area contributed by atoms with Crippen molar-refractivity contribution in [2.45, 2.75) is 6.61 Å². The second kappa shape index (κ2) is 9.53. The number of hydrogen-bond donors (Lipinski definition) is 1. The van der Waals surface area contributed by atoms with E-state index in [0.717, 1.165) is 0 Å². The fourth-order valence-electron chi connectivity index (χ4n) is 1.88. The van der Waals surface area contributed by atoms with E-state index in [2.05, 4.69) is 10.1 Å². The third-order valence-corrected chi connectivity index (χ3v) is 3.20. The van der Waals surface area contributed by atoms with Crippen LogP contribution >= 0.6 is 11.6 Å². The highest BCUT2D eigenvalue weighted by molar-refractivity contribution is 6.30. The van der Waals surface area contributed by atoms with Crippen molar-refractivity contribution in [3.8, 4) is 5.75 Å². The molecule has 1 N–H and O–H groups in total. The maximum atomic E-state index is 12.0. The summed E-state index contributed by atoms with van der Waals surface area (Å²) in [6.45, 7) is -3.41. The molecule has 0 heterocycles. The molecule has 8 heteroatoms. The van der Waals surface area contributed by atoms with Gasteiger partial charge in [-0.2, -0.15) is 8.78 Å². The van der Waals surface area contributed by atoms with Gasteiger partial charge in [-0.15, -0.1) is 0 Å². The first-order valence-electron chi connectivity index (χ1n) is 7.37. The van der Waals surface area contributed by atoms with Crippen molar-refractivity contribution in [1.29, 1.82) is 0 Å². The molecular weight excluding hydrogens is 368 g/mol. The highest BCUT2D eigenvalue weighted by Crippen LogP contribution is 2.17. The Bertz CT molecular complexity index is 794. The third-order valence-electron chi connectivity index (χ3n) is 2.97. The number of benzene rings is 2. The van der Waals surface area contributed by atoms with Gasteiger partial charge in [0.2, 0.25) is 0 Å². The summed E-state index contributed by atoms with van der Waals surface area (Å²) < 4.78 is 33.1. The minimum Gasteiger partial charge on any atom is -0.452 e. The van der Waals surface area contributed by atoms with E-state index in [1.54, 1.807) is 24.3 Å². The molecule has 2 rings (SSSR count). The Morgan fingerprint density at radius 2 is 1.88 bits per heavy atom. The van der Waals surface area contributed by atoms with Crippen LogP contribution in [0.5, 0.6) is 5.75 Å². The summed E-state index contributed by atoms with van der Waals surface area (Å²) in [5, 5.41) is 2.99. The summed E-state index contributed by atoms with van der Waals surface area (Å²) >= 11 is 5.83. The molecule has 0 radical (unpaired) electrons. The summed E-state index contributed by atoms with van der Waals surface area (Å²) in [4.78, 5) is 23.3. The highest BCUT2D eigenvalue weighted by atomic mass is 35.5. The fourth-order valence-corrected chi connectivity index (χ4v) is 2.07. The maximum absolute atomic E-state index is 12.0. The number of carbonyl (C=O) groups is 2. The highest BCUT2D eigenvalue weighted by Gasteiger charge is 2.07. The van der Waals surface area contributed by atoms with Gasteiger partial charge in [0, 0.05) is 16.8 Å². The average Bonchev–Trinajstić information content (AvgIpc) is 2.59. The monoisotopic (exact) mass is 381 g/mol. The third kappa shape index (κ3) is 6.90. The van der Waals surface area contributed by atoms with E-state index in [9.17, 15) is 18.4 Å². The molecule has 0 saturated heterocycles. The number of rotatable bonds is 7. The molecule has 0 aliphatic rings. The van der Waals surface area contributed by atoms with Crippen molar-refractivity contribution in [3.05, 3.63) is 65.2 Å². The molecule has 0 aliphatic carbocycles. The topological polar surface area (TPSA) is 64.6 Å². The Morgan fingerprint density at radius 3 is 2.54 bits per heavy atom. The van der Waals surface area contributed by atoms with E-state index in [4.69, 9.17) is 16.3 Å². The summed E-state index contributed by atoms with van der Waals surface area (Å²) in [5.41, 5.74) is 1.06. The van der Waals surface area contributed by atoms with Crippen molar-refractivity contribution >= 4 is 35.2 Å². The molecule has 136 valence electrons. The van der Waals surface area contributed by atoms with Crippen molar-refractivity contribution in [3.63, 3.8) is 0 Å². The number of amides is 1. The quantitative estimate of drug-likeness (QED) is 0.578. The number of hydrogen-bond acceptors (Lipinski definition) is 4. The van der Waals surface area contributed by atoms with E-state index < -0.39 is 25.1 Å². The lowest BCUT2D eigenvalue weighted by Crippen LogP contribution is -2.20. The number of nitrogens with one attached hydrogen (secondary N) is 1. The first-order valence-corrected chi connectivity index (χ1v) is 7.75. The second-order valence-corrected chi connectivity index (χ2v) is 5.38. The molecule has 1 amide bonds. The maximum Gasteiger partial charge on any atom is 0.387 e. The van der Waals surface area contributed by atoms with Crippen LogP contribution in [0.15, 0.2) is 54.6 Å². The van der Waals surface area contributed by atoms with Crippen molar-refractivity contribution in [2.24, 2.45) is 0 Å². The van der Waals surface area contributed by atoms with Crippen molar-refractivity contribution in [1.82, 2.24) is 0 Å². The van der Waals surface area contributed by atoms with Crippen LogP contribution in [0.25, 0.3) is 6.08 Å². The van der Waals surface area contributed by atoms with Crippen LogP contribution in [0.1, 0.15) is 5.56 Å². The molecular formula is C18H14ClF2NO4. The summed E-state index contributed by atoms with van der Waals surface area (Å²) in [5.74, 6) is -1.30. The van der Waals surface area contributed by atoms with E-state index in [-0.39, 0.29) is 5.75 Å². The normalized spacial score (nSPS) is 10.8. The van der Waals surface area contributed by atoms with E-state index in [0.29, 0.717) is 16.3 Å². The summed E-state index contributed by atoms with van der Waals surface area (Å²) in [7, 11) is 0. The van der Waals surface area contributed by atoms with Crippen LogP contribution in [0, 0.1) is 0 Å². The molecule has 0 saturated carbocycles. The summed E-state index contributed by atoms with van der Waals surface area (Å²) in [6.07, 6.45) is 2.68. The van der Waals surface area contributed by atoms with Gasteiger partial charge in [-0.1, -0.05) is 23.7 Å². The van der Waals surface area contributed by atoms with Crippen LogP contribution in [0.4, 0.5) is 14.5 Å². The number of ether oxygens (including phenoxy) is 2. The standard InChI is InChI=1S/C18H14ClF2NO4/c19-13-3-1-2-12(10-13)4-9-17(24)25-11-16(23)22-14-5-7-15(8-6-14)26-18(20)21/h1-10,18H,11H2,(H,22,23)/b9-4+. The van der Waals surface area contributed by atoms with Crippen molar-refractivity contribution < 1.29 is 27.8 Å². The first kappa shape index (κ1) is 19.4. The van der Waals surface area contributed by atoms with Crippen LogP contribution in [0.3, 0.4) is 0 Å². The molecule has 0 aliphatic heterocycles. The summed E-state index contributed by atoms with van der Waals surface area (Å²) in [6, 6.07) is 12.2. The Labute approximate surface area is 153 Å². The minimum atomic E-state index is -2.92.